The number of carbonyl (C=O) groups is 3. The molecule has 0 spiro atoms. The number of carboxylic acid groups (broad SMARTS) is 1. The Hall–Kier alpha value is 0.570. The molecule has 2 atom stereocenters. The molecule has 1 rings (SSSR count). The Bertz CT molecular complexity index is 738. The number of aliphatic carboxylic acids is 1. The number of Topliss-reactive ketones (excluding diaryl/α,β-unsaturated/α-hetero) is 1. The zero-order chi connectivity index (χ0) is 31.6. The van der Waals surface area contributed by atoms with Crippen molar-refractivity contribution in [1.29, 1.82) is 0 Å². The van der Waals surface area contributed by atoms with Crippen LogP contribution in [-0.2, 0) is 14.4 Å². The van der Waals surface area contributed by atoms with Gasteiger partial charge in [-0.05, 0) is 19.3 Å². The number of aliphatic hydroxyl groups is 1. The number of ketones is 1. The molecule has 45 heavy (non-hydrogen) atoms. The molecule has 0 saturated carbocycles. The van der Waals surface area contributed by atoms with E-state index in [4.69, 9.17) is 0 Å². The predicted molar refractivity (Wildman–Crippen MR) is 193 cm³/mol. The standard InChI is InChI=1S/C37H69NO5.2Na.2H/c1-3-5-7-9-11-13-15-17-19-21-23-25-27-29-33(39)37(36(42)43)34(40)31-32-38(37)35(41)30-28-26-24-22-20-18-16-14-12-10-8-6-4-2;;;;/h34,40H,3-32H2,1-2H3,(H,42,43);;;;. The minimum absolute atomic E-state index is 0. The van der Waals surface area contributed by atoms with E-state index in [1.54, 1.807) is 0 Å². The first kappa shape index (κ1) is 47.7. The number of aliphatic hydroxyl groups excluding tert-OH is 1. The summed E-state index contributed by atoms with van der Waals surface area (Å²) in [6.45, 7) is 4.63. The molecule has 1 saturated heterocycles. The first-order valence-electron chi connectivity index (χ1n) is 18.7. The van der Waals surface area contributed by atoms with E-state index in [0.29, 0.717) is 12.8 Å². The summed E-state index contributed by atoms with van der Waals surface area (Å²) >= 11 is 0. The van der Waals surface area contributed by atoms with Crippen LogP contribution in [0.5, 0.6) is 0 Å². The summed E-state index contributed by atoms with van der Waals surface area (Å²) in [5.41, 5.74) is -2.11. The monoisotopic (exact) mass is 656 g/mol. The molecule has 2 N–H and O–H groups in total. The Morgan fingerprint density at radius 3 is 1.20 bits per heavy atom. The number of unbranched alkanes of at least 4 members (excludes halogenated alkanes) is 24. The molecule has 1 amide bonds. The summed E-state index contributed by atoms with van der Waals surface area (Å²) in [6.07, 6.45) is 30.4. The summed E-state index contributed by atoms with van der Waals surface area (Å²) in [4.78, 5) is 40.0. The van der Waals surface area contributed by atoms with Gasteiger partial charge in [0.2, 0.25) is 11.4 Å². The molecule has 0 aromatic rings. The SMILES string of the molecule is CCCCCCCCCCCCCCCC(=O)N1CCC(O)C1(C(=O)O)C(=O)CCCCCCCCCCCCCCC.[NaH].[NaH]. The van der Waals surface area contributed by atoms with Crippen LogP contribution in [0.15, 0.2) is 0 Å². The van der Waals surface area contributed by atoms with Gasteiger partial charge in [-0.25, -0.2) is 4.79 Å². The molecule has 1 fully saturated rings. The molecule has 8 heteroatoms. The number of likely N-dealkylation sites (tertiary alicyclic amines) is 1. The van der Waals surface area contributed by atoms with Crippen LogP contribution in [0.3, 0.4) is 0 Å². The second-order valence-electron chi connectivity index (χ2n) is 13.3. The number of carbonyl (C=O) groups excluding carboxylic acids is 2. The van der Waals surface area contributed by atoms with Crippen LogP contribution in [0.2, 0.25) is 0 Å². The van der Waals surface area contributed by atoms with Crippen molar-refractivity contribution in [3.05, 3.63) is 0 Å². The van der Waals surface area contributed by atoms with Crippen LogP contribution >= 0.6 is 0 Å². The van der Waals surface area contributed by atoms with Crippen molar-refractivity contribution >= 4 is 76.8 Å². The molecule has 0 bridgehead atoms. The van der Waals surface area contributed by atoms with Crippen molar-refractivity contribution in [3.63, 3.8) is 0 Å². The Morgan fingerprint density at radius 2 is 0.867 bits per heavy atom. The van der Waals surface area contributed by atoms with Crippen LogP contribution in [-0.4, -0.2) is 110 Å². The summed E-state index contributed by atoms with van der Waals surface area (Å²) in [5, 5.41) is 20.8. The summed E-state index contributed by atoms with van der Waals surface area (Å²) in [6, 6.07) is 0. The van der Waals surface area contributed by atoms with Gasteiger partial charge in [-0.15, -0.1) is 0 Å². The Kier molecular flexibility index (Phi) is 33.7. The average molecular weight is 656 g/mol. The van der Waals surface area contributed by atoms with E-state index in [1.165, 1.54) is 127 Å². The van der Waals surface area contributed by atoms with Gasteiger partial charge >= 0.3 is 65.1 Å². The van der Waals surface area contributed by atoms with Gasteiger partial charge in [-0.2, -0.15) is 0 Å². The van der Waals surface area contributed by atoms with Gasteiger partial charge in [0.15, 0.2) is 5.78 Å². The van der Waals surface area contributed by atoms with Crippen molar-refractivity contribution in [2.45, 2.75) is 212 Å². The van der Waals surface area contributed by atoms with Gasteiger partial charge in [-0.3, -0.25) is 9.59 Å². The van der Waals surface area contributed by atoms with E-state index < -0.39 is 23.4 Å². The number of hydrogen-bond donors (Lipinski definition) is 2. The molecular weight excluding hydrogens is 584 g/mol. The van der Waals surface area contributed by atoms with Gasteiger partial charge in [0, 0.05) is 19.4 Å². The van der Waals surface area contributed by atoms with Crippen molar-refractivity contribution in [2.24, 2.45) is 0 Å². The van der Waals surface area contributed by atoms with Crippen molar-refractivity contribution < 1.29 is 24.6 Å². The number of amides is 1. The van der Waals surface area contributed by atoms with E-state index in [1.807, 2.05) is 0 Å². The quantitative estimate of drug-likeness (QED) is 0.0459. The second-order valence-corrected chi connectivity index (χ2v) is 13.3. The first-order chi connectivity index (χ1) is 20.9. The summed E-state index contributed by atoms with van der Waals surface area (Å²) < 4.78 is 0. The van der Waals surface area contributed by atoms with E-state index in [9.17, 15) is 24.6 Å². The molecule has 6 nitrogen and oxygen atoms in total. The Morgan fingerprint density at radius 1 is 0.556 bits per heavy atom. The van der Waals surface area contributed by atoms with Crippen LogP contribution < -0.4 is 0 Å². The van der Waals surface area contributed by atoms with Gasteiger partial charge in [-0.1, -0.05) is 168 Å². The van der Waals surface area contributed by atoms with Crippen molar-refractivity contribution in [2.75, 3.05) is 6.54 Å². The molecule has 1 aliphatic rings. The Balaban J connectivity index is 0. The third-order valence-corrected chi connectivity index (χ3v) is 9.59. The maximum atomic E-state index is 13.3. The molecule has 1 heterocycles. The van der Waals surface area contributed by atoms with E-state index in [0.717, 1.165) is 32.1 Å². The fraction of sp³-hybridized carbons (Fsp3) is 0.919. The third kappa shape index (κ3) is 20.0. The zero-order valence-corrected chi connectivity index (χ0v) is 28.4. The van der Waals surface area contributed by atoms with Crippen LogP contribution in [0, 0.1) is 0 Å². The number of hydrogen-bond acceptors (Lipinski definition) is 4. The third-order valence-electron chi connectivity index (χ3n) is 9.59. The van der Waals surface area contributed by atoms with E-state index >= 15 is 0 Å². The molecule has 0 radical (unpaired) electrons. The molecule has 0 aromatic heterocycles. The fourth-order valence-corrected chi connectivity index (χ4v) is 6.77. The van der Waals surface area contributed by atoms with Crippen molar-refractivity contribution in [1.82, 2.24) is 4.90 Å². The fourth-order valence-electron chi connectivity index (χ4n) is 6.77. The molecule has 0 aliphatic carbocycles. The number of nitrogens with zero attached hydrogens (tertiary/aromatic N) is 1. The number of rotatable bonds is 30. The molecular formula is C37H71NNa2O5. The Labute approximate surface area is 322 Å². The summed E-state index contributed by atoms with van der Waals surface area (Å²) in [5.74, 6) is -2.19. The van der Waals surface area contributed by atoms with Crippen LogP contribution in [0.4, 0.5) is 0 Å². The van der Waals surface area contributed by atoms with Crippen molar-refractivity contribution in [3.8, 4) is 0 Å². The zero-order valence-electron chi connectivity index (χ0n) is 28.4. The van der Waals surface area contributed by atoms with Crippen LogP contribution in [0.1, 0.15) is 200 Å². The normalized spacial score (nSPS) is 17.6. The second kappa shape index (κ2) is 31.8. The van der Waals surface area contributed by atoms with E-state index in [-0.39, 0.29) is 90.8 Å². The average Bonchev–Trinajstić information content (AvgIpc) is 3.35. The van der Waals surface area contributed by atoms with Crippen LogP contribution in [0.25, 0.3) is 0 Å². The first-order valence-corrected chi connectivity index (χ1v) is 18.7. The molecule has 2 unspecified atom stereocenters. The molecule has 1 aliphatic heterocycles. The topological polar surface area (TPSA) is 94.9 Å². The minimum atomic E-state index is -2.11. The van der Waals surface area contributed by atoms with Gasteiger partial charge in [0.1, 0.15) is 0 Å². The number of carboxylic acids is 1. The maximum absolute atomic E-state index is 13.3. The summed E-state index contributed by atoms with van der Waals surface area (Å²) in [7, 11) is 0. The molecule has 256 valence electrons. The predicted octanol–water partition coefficient (Wildman–Crippen LogP) is 8.64. The van der Waals surface area contributed by atoms with Gasteiger partial charge in [0.05, 0.1) is 6.10 Å². The van der Waals surface area contributed by atoms with E-state index in [2.05, 4.69) is 13.8 Å². The van der Waals surface area contributed by atoms with Gasteiger partial charge in [0.25, 0.3) is 0 Å². The van der Waals surface area contributed by atoms with Gasteiger partial charge < -0.3 is 15.1 Å². The molecule has 0 aromatic carbocycles.